The molecule has 6 nitrogen and oxygen atoms in total. The average Bonchev–Trinajstić information content (AvgIpc) is 2.25. The number of nitrogens with zero attached hydrogens (tertiary/aromatic N) is 2. The smallest absolute Gasteiger partial charge is 0.160 e. The molecule has 0 aliphatic carbocycles. The van der Waals surface area contributed by atoms with E-state index in [1.54, 1.807) is 13.1 Å². The third-order valence-electron chi connectivity index (χ3n) is 2.28. The zero-order chi connectivity index (χ0) is 12.9. The van der Waals surface area contributed by atoms with Gasteiger partial charge in [0.2, 0.25) is 0 Å². The Hall–Kier alpha value is -1.40. The van der Waals surface area contributed by atoms with Crippen LogP contribution in [0.4, 0.5) is 11.6 Å². The molecule has 0 saturated carbocycles. The van der Waals surface area contributed by atoms with E-state index in [2.05, 4.69) is 34.6 Å². The normalized spacial score (nSPS) is 14.5. The van der Waals surface area contributed by atoms with Crippen molar-refractivity contribution in [3.05, 3.63) is 12.4 Å². The highest BCUT2D eigenvalue weighted by atomic mass is 16.3. The van der Waals surface area contributed by atoms with E-state index in [4.69, 9.17) is 5.84 Å². The second-order valence-electron chi connectivity index (χ2n) is 4.88. The maximum atomic E-state index is 10.1. The molecule has 1 atom stereocenters. The van der Waals surface area contributed by atoms with E-state index in [0.29, 0.717) is 24.1 Å². The van der Waals surface area contributed by atoms with Crippen LogP contribution in [0, 0.1) is 5.92 Å². The van der Waals surface area contributed by atoms with Gasteiger partial charge >= 0.3 is 0 Å². The first-order valence-electron chi connectivity index (χ1n) is 5.68. The summed E-state index contributed by atoms with van der Waals surface area (Å²) in [4.78, 5) is 8.12. The maximum Gasteiger partial charge on any atom is 0.160 e. The highest BCUT2D eigenvalue weighted by Crippen LogP contribution is 2.17. The van der Waals surface area contributed by atoms with E-state index in [9.17, 15) is 5.11 Å². The molecule has 6 heteroatoms. The summed E-state index contributed by atoms with van der Waals surface area (Å²) in [6.07, 6.45) is 3.84. The van der Waals surface area contributed by atoms with E-state index < -0.39 is 5.60 Å². The van der Waals surface area contributed by atoms with Crippen molar-refractivity contribution < 1.29 is 5.11 Å². The lowest BCUT2D eigenvalue weighted by Gasteiger charge is -2.25. The molecule has 0 aliphatic heterocycles. The van der Waals surface area contributed by atoms with E-state index in [1.807, 2.05) is 0 Å². The molecule has 1 heterocycles. The minimum absolute atomic E-state index is 0.424. The van der Waals surface area contributed by atoms with Gasteiger partial charge in [0.05, 0.1) is 18.0 Å². The molecule has 1 rings (SSSR count). The summed E-state index contributed by atoms with van der Waals surface area (Å²) < 4.78 is 0. The lowest BCUT2D eigenvalue weighted by Crippen LogP contribution is -2.35. The van der Waals surface area contributed by atoms with Gasteiger partial charge in [0.1, 0.15) is 5.82 Å². The third kappa shape index (κ3) is 4.97. The van der Waals surface area contributed by atoms with Gasteiger partial charge in [-0.1, -0.05) is 13.8 Å². The van der Waals surface area contributed by atoms with Gasteiger partial charge < -0.3 is 15.8 Å². The van der Waals surface area contributed by atoms with Gasteiger partial charge in [-0.25, -0.2) is 10.8 Å². The Morgan fingerprint density at radius 2 is 2.06 bits per heavy atom. The second kappa shape index (κ2) is 5.79. The van der Waals surface area contributed by atoms with Crippen molar-refractivity contribution in [1.82, 2.24) is 9.97 Å². The first-order valence-corrected chi connectivity index (χ1v) is 5.68. The summed E-state index contributed by atoms with van der Waals surface area (Å²) in [5, 5.41) is 13.2. The number of aliphatic hydroxyl groups is 1. The highest BCUT2D eigenvalue weighted by molar-refractivity contribution is 5.40. The third-order valence-corrected chi connectivity index (χ3v) is 2.28. The molecular weight excluding hydrogens is 218 g/mol. The van der Waals surface area contributed by atoms with Crippen molar-refractivity contribution in [1.29, 1.82) is 0 Å². The largest absolute Gasteiger partial charge is 0.388 e. The van der Waals surface area contributed by atoms with Crippen LogP contribution in [0.3, 0.4) is 0 Å². The molecule has 1 aromatic heterocycles. The fraction of sp³-hybridized carbons (Fsp3) is 0.636. The zero-order valence-electron chi connectivity index (χ0n) is 10.6. The highest BCUT2D eigenvalue weighted by Gasteiger charge is 2.21. The van der Waals surface area contributed by atoms with Crippen molar-refractivity contribution in [3.63, 3.8) is 0 Å². The van der Waals surface area contributed by atoms with Gasteiger partial charge in [0.25, 0.3) is 0 Å². The van der Waals surface area contributed by atoms with Crippen LogP contribution in [-0.4, -0.2) is 27.2 Å². The van der Waals surface area contributed by atoms with Crippen LogP contribution in [-0.2, 0) is 0 Å². The SMILES string of the molecule is CC(C)CC(C)(O)CNc1cncc(NN)n1. The van der Waals surface area contributed by atoms with Crippen molar-refractivity contribution >= 4 is 11.6 Å². The molecule has 17 heavy (non-hydrogen) atoms. The van der Waals surface area contributed by atoms with Crippen LogP contribution >= 0.6 is 0 Å². The first-order chi connectivity index (χ1) is 7.93. The molecule has 0 radical (unpaired) electrons. The van der Waals surface area contributed by atoms with Gasteiger partial charge in [-0.05, 0) is 19.3 Å². The topological polar surface area (TPSA) is 96.1 Å². The minimum atomic E-state index is -0.762. The van der Waals surface area contributed by atoms with Crippen molar-refractivity contribution in [2.45, 2.75) is 32.8 Å². The summed E-state index contributed by atoms with van der Waals surface area (Å²) in [7, 11) is 0. The number of hydrazine groups is 1. The van der Waals surface area contributed by atoms with Gasteiger partial charge in [-0.2, -0.15) is 0 Å². The molecular formula is C11H21N5O. The quantitative estimate of drug-likeness (QED) is 0.436. The van der Waals surface area contributed by atoms with Crippen molar-refractivity contribution in [2.75, 3.05) is 17.3 Å². The van der Waals surface area contributed by atoms with E-state index in [1.165, 1.54) is 6.20 Å². The minimum Gasteiger partial charge on any atom is -0.388 e. The Kier molecular flexibility index (Phi) is 4.65. The van der Waals surface area contributed by atoms with Crippen LogP contribution in [0.1, 0.15) is 27.2 Å². The summed E-state index contributed by atoms with van der Waals surface area (Å²) in [6, 6.07) is 0. The van der Waals surface area contributed by atoms with Crippen LogP contribution in [0.15, 0.2) is 12.4 Å². The number of rotatable bonds is 6. The van der Waals surface area contributed by atoms with Gasteiger partial charge in [0.15, 0.2) is 5.82 Å². The van der Waals surface area contributed by atoms with Crippen LogP contribution in [0.5, 0.6) is 0 Å². The lowest BCUT2D eigenvalue weighted by molar-refractivity contribution is 0.0515. The molecule has 5 N–H and O–H groups in total. The zero-order valence-corrected chi connectivity index (χ0v) is 10.6. The first kappa shape index (κ1) is 13.7. The molecule has 96 valence electrons. The molecule has 0 aromatic carbocycles. The fourth-order valence-corrected chi connectivity index (χ4v) is 1.75. The van der Waals surface area contributed by atoms with E-state index >= 15 is 0 Å². The summed E-state index contributed by atoms with van der Waals surface area (Å²) in [5.74, 6) is 6.75. The Balaban J connectivity index is 2.54. The molecule has 0 amide bonds. The second-order valence-corrected chi connectivity index (χ2v) is 4.88. The predicted molar refractivity (Wildman–Crippen MR) is 68.4 cm³/mol. The van der Waals surface area contributed by atoms with Crippen LogP contribution < -0.4 is 16.6 Å². The molecule has 1 aromatic rings. The van der Waals surface area contributed by atoms with E-state index in [0.717, 1.165) is 6.42 Å². The van der Waals surface area contributed by atoms with Crippen LogP contribution in [0.2, 0.25) is 0 Å². The van der Waals surface area contributed by atoms with Crippen molar-refractivity contribution in [2.24, 2.45) is 11.8 Å². The standard InChI is InChI=1S/C11H21N5O/c1-8(2)4-11(3,17)7-14-9-5-13-6-10(15-9)16-12/h5-6,8,17H,4,7,12H2,1-3H3,(H2,14,15,16). The predicted octanol–water partition coefficient (Wildman–Crippen LogP) is 0.971. The van der Waals surface area contributed by atoms with E-state index in [-0.39, 0.29) is 0 Å². The number of hydrogen-bond acceptors (Lipinski definition) is 6. The number of anilines is 2. The summed E-state index contributed by atoms with van der Waals surface area (Å²) in [6.45, 7) is 6.38. The maximum absolute atomic E-state index is 10.1. The number of aromatic nitrogens is 2. The van der Waals surface area contributed by atoms with Crippen molar-refractivity contribution in [3.8, 4) is 0 Å². The Bertz CT molecular complexity index is 353. The van der Waals surface area contributed by atoms with Crippen LogP contribution in [0.25, 0.3) is 0 Å². The van der Waals surface area contributed by atoms with Gasteiger partial charge in [-0.15, -0.1) is 0 Å². The lowest BCUT2D eigenvalue weighted by atomic mass is 9.94. The summed E-state index contributed by atoms with van der Waals surface area (Å²) >= 11 is 0. The Morgan fingerprint density at radius 3 is 2.65 bits per heavy atom. The number of hydrogen-bond donors (Lipinski definition) is 4. The number of nitrogens with two attached hydrogens (primary N) is 1. The molecule has 0 bridgehead atoms. The Morgan fingerprint density at radius 1 is 1.41 bits per heavy atom. The fourth-order valence-electron chi connectivity index (χ4n) is 1.75. The number of nitrogens with one attached hydrogen (secondary N) is 2. The van der Waals surface area contributed by atoms with Gasteiger partial charge in [0, 0.05) is 6.54 Å². The average molecular weight is 239 g/mol. The Labute approximate surface area is 102 Å². The van der Waals surface area contributed by atoms with Gasteiger partial charge in [-0.3, -0.25) is 4.98 Å². The molecule has 1 unspecified atom stereocenters. The monoisotopic (exact) mass is 239 g/mol. The molecule has 0 fully saturated rings. The number of nitrogen functional groups attached to an aromatic ring is 1. The molecule has 0 spiro atoms. The molecule has 0 aliphatic rings. The summed E-state index contributed by atoms with van der Waals surface area (Å²) in [5.41, 5.74) is 1.66. The molecule has 0 saturated heterocycles.